The Morgan fingerprint density at radius 2 is 1.93 bits per heavy atom. The first-order valence-corrected chi connectivity index (χ1v) is 11.7. The van der Waals surface area contributed by atoms with Crippen molar-refractivity contribution in [3.8, 4) is 5.88 Å². The third-order valence-electron chi connectivity index (χ3n) is 5.88. The van der Waals surface area contributed by atoms with E-state index in [-0.39, 0.29) is 0 Å². The Bertz CT molecular complexity index is 897. The summed E-state index contributed by atoms with van der Waals surface area (Å²) in [4.78, 5) is 22.2. The number of hydrogen-bond donors (Lipinski definition) is 0. The molecule has 2 fully saturated rings. The van der Waals surface area contributed by atoms with E-state index in [1.54, 1.807) is 25.2 Å². The van der Waals surface area contributed by atoms with Crippen molar-refractivity contribution in [2.24, 2.45) is 5.92 Å². The normalized spacial score (nSPS) is 20.8. The van der Waals surface area contributed by atoms with Crippen LogP contribution in [-0.4, -0.2) is 47.4 Å². The molecule has 2 aliphatic rings. The molecule has 2 aromatic heterocycles. The second-order valence-corrected chi connectivity index (χ2v) is 9.51. The van der Waals surface area contributed by atoms with Crippen LogP contribution in [0.5, 0.6) is 5.88 Å². The average Bonchev–Trinajstić information content (AvgIpc) is 3.61. The Balaban J connectivity index is 1.58. The van der Waals surface area contributed by atoms with Crippen LogP contribution >= 0.6 is 11.8 Å². The minimum Gasteiger partial charge on any atom is -0.480 e. The van der Waals surface area contributed by atoms with Gasteiger partial charge in [-0.3, -0.25) is 0 Å². The standard InChI is InChI=1S/C22H31N5OS/c1-12(2)17-19(23-11-24-21(17)27(3)4)15-9-14(15)10-16-25-18(13-7-8-13)20(29-6)22(26-16)28-5/h11-15H,7-10H2,1-6H3. The predicted molar refractivity (Wildman–Crippen MR) is 117 cm³/mol. The van der Waals surface area contributed by atoms with Crippen LogP contribution in [0.15, 0.2) is 11.2 Å². The summed E-state index contributed by atoms with van der Waals surface area (Å²) in [5.74, 6) is 4.67. The molecular weight excluding hydrogens is 382 g/mol. The fraction of sp³-hybridized carbons (Fsp3) is 0.636. The lowest BCUT2D eigenvalue weighted by Gasteiger charge is -2.20. The maximum atomic E-state index is 5.60. The smallest absolute Gasteiger partial charge is 0.230 e. The summed E-state index contributed by atoms with van der Waals surface area (Å²) in [6.45, 7) is 4.45. The highest BCUT2D eigenvalue weighted by Gasteiger charge is 2.42. The van der Waals surface area contributed by atoms with E-state index in [1.807, 2.05) is 0 Å². The largest absolute Gasteiger partial charge is 0.480 e. The Labute approximate surface area is 177 Å². The van der Waals surface area contributed by atoms with Gasteiger partial charge in [0.2, 0.25) is 5.88 Å². The van der Waals surface area contributed by atoms with Crippen molar-refractivity contribution in [1.82, 2.24) is 19.9 Å². The average molecular weight is 414 g/mol. The van der Waals surface area contributed by atoms with Crippen molar-refractivity contribution in [3.63, 3.8) is 0 Å². The molecule has 2 saturated carbocycles. The SMILES string of the molecule is COc1nc(CC2CC2c2ncnc(N(C)C)c2C(C)C)nc(C2CC2)c1SC. The number of anilines is 1. The Morgan fingerprint density at radius 1 is 1.17 bits per heavy atom. The van der Waals surface area contributed by atoms with Crippen molar-refractivity contribution in [2.75, 3.05) is 32.4 Å². The van der Waals surface area contributed by atoms with Crippen LogP contribution in [0.25, 0.3) is 0 Å². The van der Waals surface area contributed by atoms with Gasteiger partial charge in [0.1, 0.15) is 18.0 Å². The van der Waals surface area contributed by atoms with Crippen molar-refractivity contribution in [1.29, 1.82) is 0 Å². The molecule has 0 spiro atoms. The van der Waals surface area contributed by atoms with E-state index in [0.717, 1.165) is 35.3 Å². The van der Waals surface area contributed by atoms with Gasteiger partial charge in [0.15, 0.2) is 0 Å². The molecule has 156 valence electrons. The summed E-state index contributed by atoms with van der Waals surface area (Å²) in [5.41, 5.74) is 3.68. The zero-order valence-corrected chi connectivity index (χ0v) is 19.1. The highest BCUT2D eigenvalue weighted by molar-refractivity contribution is 7.98. The van der Waals surface area contributed by atoms with E-state index in [1.165, 1.54) is 29.8 Å². The number of ether oxygens (including phenoxy) is 1. The van der Waals surface area contributed by atoms with Gasteiger partial charge in [-0.15, -0.1) is 11.8 Å². The van der Waals surface area contributed by atoms with Gasteiger partial charge in [-0.05, 0) is 37.4 Å². The lowest BCUT2D eigenvalue weighted by molar-refractivity contribution is 0.381. The number of aromatic nitrogens is 4. The maximum absolute atomic E-state index is 5.60. The highest BCUT2D eigenvalue weighted by Crippen LogP contribution is 2.52. The second-order valence-electron chi connectivity index (χ2n) is 8.69. The first-order chi connectivity index (χ1) is 13.9. The molecule has 2 heterocycles. The quantitative estimate of drug-likeness (QED) is 0.594. The third kappa shape index (κ3) is 4.06. The van der Waals surface area contributed by atoms with E-state index in [2.05, 4.69) is 44.1 Å². The van der Waals surface area contributed by atoms with Gasteiger partial charge in [-0.2, -0.15) is 4.98 Å². The summed E-state index contributed by atoms with van der Waals surface area (Å²) in [6.07, 6.45) is 8.27. The summed E-state index contributed by atoms with van der Waals surface area (Å²) in [6, 6.07) is 0. The number of rotatable bonds is 8. The maximum Gasteiger partial charge on any atom is 0.230 e. The predicted octanol–water partition coefficient (Wildman–Crippen LogP) is 4.41. The van der Waals surface area contributed by atoms with E-state index < -0.39 is 0 Å². The number of thioether (sulfide) groups is 1. The molecule has 0 aromatic carbocycles. The first kappa shape index (κ1) is 20.4. The molecule has 7 heteroatoms. The van der Waals surface area contributed by atoms with E-state index in [9.17, 15) is 0 Å². The van der Waals surface area contributed by atoms with Gasteiger partial charge < -0.3 is 9.64 Å². The third-order valence-corrected chi connectivity index (χ3v) is 6.67. The second kappa shape index (κ2) is 8.09. The summed E-state index contributed by atoms with van der Waals surface area (Å²) < 4.78 is 5.60. The fourth-order valence-corrected chi connectivity index (χ4v) is 4.92. The zero-order valence-electron chi connectivity index (χ0n) is 18.3. The van der Waals surface area contributed by atoms with Crippen molar-refractivity contribution in [3.05, 3.63) is 29.1 Å². The van der Waals surface area contributed by atoms with Crippen LogP contribution in [0.1, 0.15) is 73.6 Å². The van der Waals surface area contributed by atoms with Crippen molar-refractivity contribution >= 4 is 17.6 Å². The fourth-order valence-electron chi connectivity index (χ4n) is 4.20. The molecule has 0 aliphatic heterocycles. The molecular formula is C22H31N5OS. The molecule has 0 saturated heterocycles. The van der Waals surface area contributed by atoms with Gasteiger partial charge in [0, 0.05) is 37.9 Å². The van der Waals surface area contributed by atoms with Crippen molar-refractivity contribution in [2.45, 2.75) is 62.2 Å². The molecule has 0 radical (unpaired) electrons. The molecule has 0 bridgehead atoms. The van der Waals surface area contributed by atoms with Crippen LogP contribution in [0.3, 0.4) is 0 Å². The summed E-state index contributed by atoms with van der Waals surface area (Å²) in [7, 11) is 5.81. The molecule has 29 heavy (non-hydrogen) atoms. The molecule has 2 atom stereocenters. The summed E-state index contributed by atoms with van der Waals surface area (Å²) in [5, 5.41) is 0. The van der Waals surface area contributed by atoms with Crippen LogP contribution < -0.4 is 9.64 Å². The van der Waals surface area contributed by atoms with E-state index >= 15 is 0 Å². The molecule has 2 unspecified atom stereocenters. The molecule has 4 rings (SSSR count). The molecule has 2 aromatic rings. The number of methoxy groups -OCH3 is 1. The summed E-state index contributed by atoms with van der Waals surface area (Å²) >= 11 is 1.69. The van der Waals surface area contributed by atoms with Gasteiger partial charge in [0.05, 0.1) is 23.4 Å². The topological polar surface area (TPSA) is 64.0 Å². The monoisotopic (exact) mass is 413 g/mol. The zero-order chi connectivity index (χ0) is 20.7. The van der Waals surface area contributed by atoms with Crippen LogP contribution in [0.4, 0.5) is 5.82 Å². The minimum atomic E-state index is 0.392. The number of hydrogen-bond acceptors (Lipinski definition) is 7. The lowest BCUT2D eigenvalue weighted by Crippen LogP contribution is -2.16. The molecule has 0 amide bonds. The van der Waals surface area contributed by atoms with Gasteiger partial charge in [0.25, 0.3) is 0 Å². The Hall–Kier alpha value is -1.89. The van der Waals surface area contributed by atoms with Gasteiger partial charge in [-0.1, -0.05) is 13.8 Å². The molecule has 2 aliphatic carbocycles. The molecule has 6 nitrogen and oxygen atoms in total. The first-order valence-electron chi connectivity index (χ1n) is 10.4. The van der Waals surface area contributed by atoms with Crippen molar-refractivity contribution < 1.29 is 4.74 Å². The van der Waals surface area contributed by atoms with Crippen LogP contribution in [0, 0.1) is 5.92 Å². The minimum absolute atomic E-state index is 0.392. The van der Waals surface area contributed by atoms with E-state index in [0.29, 0.717) is 23.7 Å². The number of nitrogens with zero attached hydrogens (tertiary/aromatic N) is 5. The Kier molecular flexibility index (Phi) is 5.69. The molecule has 0 N–H and O–H groups in total. The lowest BCUT2D eigenvalue weighted by atomic mass is 9.98. The van der Waals surface area contributed by atoms with Gasteiger partial charge in [-0.25, -0.2) is 15.0 Å². The van der Waals surface area contributed by atoms with E-state index in [4.69, 9.17) is 19.7 Å². The van der Waals surface area contributed by atoms with Gasteiger partial charge >= 0.3 is 0 Å². The Morgan fingerprint density at radius 3 is 2.52 bits per heavy atom. The van der Waals surface area contributed by atoms with Crippen LogP contribution in [-0.2, 0) is 6.42 Å². The highest BCUT2D eigenvalue weighted by atomic mass is 32.2. The van der Waals surface area contributed by atoms with Crippen LogP contribution in [0.2, 0.25) is 0 Å².